The molecule has 1 aromatic carbocycles. The number of benzene rings is 1. The van der Waals surface area contributed by atoms with Crippen LogP contribution in [0.5, 0.6) is 11.5 Å². The molecule has 1 heterocycles. The Hall–Kier alpha value is -2.21. The van der Waals surface area contributed by atoms with E-state index in [0.29, 0.717) is 22.1 Å². The van der Waals surface area contributed by atoms with E-state index in [2.05, 4.69) is 4.74 Å². The average Bonchev–Trinajstić information content (AvgIpc) is 2.82. The smallest absolute Gasteiger partial charge is 0.331 e. The molecule has 0 spiro atoms. The van der Waals surface area contributed by atoms with E-state index >= 15 is 0 Å². The normalized spacial score (nSPS) is 12.7. The van der Waals surface area contributed by atoms with Crippen molar-refractivity contribution in [3.05, 3.63) is 28.8 Å². The molecule has 1 aliphatic heterocycles. The number of ether oxygens (including phenoxy) is 3. The maximum atomic E-state index is 11.2. The predicted molar refractivity (Wildman–Crippen MR) is 66.8 cm³/mol. The van der Waals surface area contributed by atoms with Crippen LogP contribution < -0.4 is 15.2 Å². The first-order chi connectivity index (χ1) is 9.06. The monoisotopic (exact) mass is 283 g/mol. The number of primary amides is 1. The molecule has 19 heavy (non-hydrogen) atoms. The minimum Gasteiger partial charge on any atom is -0.454 e. The van der Waals surface area contributed by atoms with E-state index in [0.717, 1.165) is 6.08 Å². The molecule has 1 aromatic rings. The van der Waals surface area contributed by atoms with Gasteiger partial charge in [-0.05, 0) is 23.8 Å². The van der Waals surface area contributed by atoms with Crippen LogP contribution in [0.15, 0.2) is 18.2 Å². The lowest BCUT2D eigenvalue weighted by Gasteiger charge is -2.01. The number of amides is 1. The van der Waals surface area contributed by atoms with Crippen LogP contribution in [0.1, 0.15) is 5.56 Å². The highest BCUT2D eigenvalue weighted by molar-refractivity contribution is 6.32. The van der Waals surface area contributed by atoms with Crippen molar-refractivity contribution in [1.82, 2.24) is 0 Å². The van der Waals surface area contributed by atoms with Crippen molar-refractivity contribution in [2.24, 2.45) is 5.73 Å². The summed E-state index contributed by atoms with van der Waals surface area (Å²) in [6, 6.07) is 3.29. The first kappa shape index (κ1) is 13.2. The summed E-state index contributed by atoms with van der Waals surface area (Å²) in [4.78, 5) is 21.7. The van der Waals surface area contributed by atoms with E-state index in [4.69, 9.17) is 26.8 Å². The largest absolute Gasteiger partial charge is 0.454 e. The summed E-state index contributed by atoms with van der Waals surface area (Å²) in [5.41, 5.74) is 5.49. The molecule has 0 saturated carbocycles. The molecule has 0 unspecified atom stereocenters. The minimum atomic E-state index is -0.715. The van der Waals surface area contributed by atoms with Crippen LogP contribution >= 0.6 is 11.6 Å². The summed E-state index contributed by atoms with van der Waals surface area (Å²) in [7, 11) is 0. The Morgan fingerprint density at radius 1 is 1.42 bits per heavy atom. The van der Waals surface area contributed by atoms with Gasteiger partial charge in [-0.3, -0.25) is 4.79 Å². The third-order valence-corrected chi connectivity index (χ3v) is 2.50. The summed E-state index contributed by atoms with van der Waals surface area (Å²) in [6.07, 6.45) is 2.65. The number of carbonyl (C=O) groups is 2. The van der Waals surface area contributed by atoms with Gasteiger partial charge in [0.15, 0.2) is 18.1 Å². The molecule has 2 N–H and O–H groups in total. The predicted octanol–water partition coefficient (Wildman–Crippen LogP) is 1.11. The minimum absolute atomic E-state index is 0.114. The molecule has 100 valence electrons. The van der Waals surface area contributed by atoms with Crippen LogP contribution in [0.2, 0.25) is 5.02 Å². The van der Waals surface area contributed by atoms with Crippen LogP contribution in [-0.4, -0.2) is 25.3 Å². The Bertz CT molecular complexity index is 555. The van der Waals surface area contributed by atoms with E-state index in [9.17, 15) is 9.59 Å². The maximum absolute atomic E-state index is 11.2. The zero-order valence-electron chi connectivity index (χ0n) is 9.72. The van der Waals surface area contributed by atoms with Crippen molar-refractivity contribution in [3.63, 3.8) is 0 Å². The molecule has 6 nitrogen and oxygen atoms in total. The molecule has 0 atom stereocenters. The first-order valence-electron chi connectivity index (χ1n) is 5.28. The summed E-state index contributed by atoms with van der Waals surface area (Å²) in [5.74, 6) is -0.395. The highest BCUT2D eigenvalue weighted by atomic mass is 35.5. The van der Waals surface area contributed by atoms with Gasteiger partial charge in [0.25, 0.3) is 5.91 Å². The molecular formula is C12H10ClNO5. The third kappa shape index (κ3) is 3.38. The topological polar surface area (TPSA) is 87.9 Å². The van der Waals surface area contributed by atoms with Crippen molar-refractivity contribution in [1.29, 1.82) is 0 Å². The third-order valence-electron chi connectivity index (χ3n) is 2.22. The zero-order valence-corrected chi connectivity index (χ0v) is 10.5. The summed E-state index contributed by atoms with van der Waals surface area (Å²) in [6.45, 7) is -0.339. The van der Waals surface area contributed by atoms with Crippen molar-refractivity contribution in [3.8, 4) is 11.5 Å². The van der Waals surface area contributed by atoms with Gasteiger partial charge in [-0.2, -0.15) is 0 Å². The number of esters is 1. The van der Waals surface area contributed by atoms with E-state index < -0.39 is 18.5 Å². The lowest BCUT2D eigenvalue weighted by atomic mass is 10.2. The van der Waals surface area contributed by atoms with Crippen LogP contribution in [0.25, 0.3) is 6.08 Å². The molecule has 1 aliphatic rings. The molecule has 2 rings (SSSR count). The fraction of sp³-hybridized carbons (Fsp3) is 0.167. The summed E-state index contributed by atoms with van der Waals surface area (Å²) < 4.78 is 14.9. The van der Waals surface area contributed by atoms with Crippen molar-refractivity contribution in [2.45, 2.75) is 0 Å². The van der Waals surface area contributed by atoms with Gasteiger partial charge in [-0.25, -0.2) is 4.79 Å². The molecule has 0 saturated heterocycles. The summed E-state index contributed by atoms with van der Waals surface area (Å²) >= 11 is 5.98. The average molecular weight is 284 g/mol. The SMILES string of the molecule is NC(=O)COC(=O)/C=C/c1cc(Cl)c2c(c1)OCO2. The number of carbonyl (C=O) groups excluding carboxylic acids is 2. The van der Waals surface area contributed by atoms with Crippen molar-refractivity contribution in [2.75, 3.05) is 13.4 Å². The molecule has 0 fully saturated rings. The molecule has 1 amide bonds. The van der Waals surface area contributed by atoms with Gasteiger partial charge in [0.05, 0.1) is 5.02 Å². The van der Waals surface area contributed by atoms with Crippen molar-refractivity contribution >= 4 is 29.6 Å². The number of halogens is 1. The number of nitrogens with two attached hydrogens (primary N) is 1. The van der Waals surface area contributed by atoms with Crippen molar-refractivity contribution < 1.29 is 23.8 Å². The Morgan fingerprint density at radius 3 is 2.95 bits per heavy atom. The molecule has 7 heteroatoms. The van der Waals surface area contributed by atoms with Gasteiger partial charge < -0.3 is 19.9 Å². The van der Waals surface area contributed by atoms with Gasteiger partial charge in [0, 0.05) is 6.08 Å². The van der Waals surface area contributed by atoms with Crippen LogP contribution in [0.4, 0.5) is 0 Å². The van der Waals surface area contributed by atoms with Crippen LogP contribution in [0.3, 0.4) is 0 Å². The second-order valence-electron chi connectivity index (χ2n) is 3.64. The lowest BCUT2D eigenvalue weighted by Crippen LogP contribution is -2.19. The lowest BCUT2D eigenvalue weighted by molar-refractivity contribution is -0.142. The van der Waals surface area contributed by atoms with Crippen LogP contribution in [0, 0.1) is 0 Å². The highest BCUT2D eigenvalue weighted by Crippen LogP contribution is 2.39. The van der Waals surface area contributed by atoms with Gasteiger partial charge >= 0.3 is 5.97 Å². The van der Waals surface area contributed by atoms with Gasteiger partial charge in [0.1, 0.15) is 0 Å². The van der Waals surface area contributed by atoms with Gasteiger partial charge in [0.2, 0.25) is 6.79 Å². The quantitative estimate of drug-likeness (QED) is 0.660. The van der Waals surface area contributed by atoms with Gasteiger partial charge in [-0.1, -0.05) is 11.6 Å². The van der Waals surface area contributed by atoms with E-state index in [1.54, 1.807) is 12.1 Å². The molecule has 0 aliphatic carbocycles. The number of hydrogen-bond donors (Lipinski definition) is 1. The van der Waals surface area contributed by atoms with E-state index in [-0.39, 0.29) is 6.79 Å². The Morgan fingerprint density at radius 2 is 2.21 bits per heavy atom. The Balaban J connectivity index is 2.05. The van der Waals surface area contributed by atoms with Crippen LogP contribution in [-0.2, 0) is 14.3 Å². The number of hydrogen-bond acceptors (Lipinski definition) is 5. The Kier molecular flexibility index (Phi) is 3.91. The second kappa shape index (κ2) is 5.62. The standard InChI is InChI=1S/C12H10ClNO5/c13-8-3-7(4-9-12(8)19-6-18-9)1-2-11(16)17-5-10(14)15/h1-4H,5-6H2,(H2,14,15)/b2-1+. The number of rotatable bonds is 4. The van der Waals surface area contributed by atoms with E-state index in [1.165, 1.54) is 6.08 Å². The fourth-order valence-corrected chi connectivity index (χ4v) is 1.71. The first-order valence-corrected chi connectivity index (χ1v) is 5.66. The Labute approximate surface area is 113 Å². The molecule has 0 aromatic heterocycles. The highest BCUT2D eigenvalue weighted by Gasteiger charge is 2.17. The molecule has 0 bridgehead atoms. The number of fused-ring (bicyclic) bond motifs is 1. The van der Waals surface area contributed by atoms with E-state index in [1.807, 2.05) is 0 Å². The summed E-state index contributed by atoms with van der Waals surface area (Å²) in [5, 5.41) is 0.389. The second-order valence-corrected chi connectivity index (χ2v) is 4.05. The van der Waals surface area contributed by atoms with Gasteiger partial charge in [-0.15, -0.1) is 0 Å². The zero-order chi connectivity index (χ0) is 13.8. The maximum Gasteiger partial charge on any atom is 0.331 e. The fourth-order valence-electron chi connectivity index (χ4n) is 1.44. The molecule has 0 radical (unpaired) electrons. The molecular weight excluding hydrogens is 274 g/mol.